The number of aryl methyl sites for hydroxylation is 1. The number of ether oxygens (including phenoxy) is 2. The van der Waals surface area contributed by atoms with Crippen LogP contribution in [0, 0.1) is 6.92 Å². The molecule has 2 aromatic rings. The highest BCUT2D eigenvalue weighted by molar-refractivity contribution is 7.13. The molecule has 0 saturated carbocycles. The Morgan fingerprint density at radius 1 is 1.50 bits per heavy atom. The maximum Gasteiger partial charge on any atom is 0.492 e. The highest BCUT2D eigenvalue weighted by Crippen LogP contribution is 2.33. The number of aromatic nitrogens is 2. The molecule has 0 spiro atoms. The van der Waals surface area contributed by atoms with Gasteiger partial charge >= 0.3 is 13.1 Å². The molecule has 11 heteroatoms. The van der Waals surface area contributed by atoms with Crippen molar-refractivity contribution in [2.75, 3.05) is 6.61 Å². The van der Waals surface area contributed by atoms with E-state index in [2.05, 4.69) is 15.0 Å². The smallest absolute Gasteiger partial charge is 0.466 e. The number of nitrogens with one attached hydrogen (secondary N) is 1. The lowest BCUT2D eigenvalue weighted by molar-refractivity contribution is -0.145. The average Bonchev–Trinajstić information content (AvgIpc) is 3.13. The zero-order valence-electron chi connectivity index (χ0n) is 14.2. The molecule has 26 heavy (non-hydrogen) atoms. The van der Waals surface area contributed by atoms with Gasteiger partial charge in [-0.3, -0.25) is 4.79 Å². The molecule has 3 rings (SSSR count). The van der Waals surface area contributed by atoms with Crippen LogP contribution in [0.3, 0.4) is 0 Å². The van der Waals surface area contributed by atoms with Gasteiger partial charge in [-0.1, -0.05) is 16.4 Å². The summed E-state index contributed by atoms with van der Waals surface area (Å²) in [5.74, 6) is 0.133. The number of esters is 1. The van der Waals surface area contributed by atoms with Gasteiger partial charge in [-0.15, -0.1) is 5.10 Å². The minimum atomic E-state index is -1.13. The summed E-state index contributed by atoms with van der Waals surface area (Å²) in [4.78, 5) is 14.2. The van der Waals surface area contributed by atoms with E-state index >= 15 is 0 Å². The molecule has 1 unspecified atom stereocenters. The second kappa shape index (κ2) is 8.32. The summed E-state index contributed by atoms with van der Waals surface area (Å²) in [6.07, 6.45) is -0.500. The predicted molar refractivity (Wildman–Crippen MR) is 96.5 cm³/mol. The Morgan fingerprint density at radius 2 is 2.31 bits per heavy atom. The Balaban J connectivity index is 1.80. The first kappa shape index (κ1) is 19.1. The summed E-state index contributed by atoms with van der Waals surface area (Å²) < 4.78 is 16.2. The molecule has 1 atom stereocenters. The highest BCUT2D eigenvalue weighted by Gasteiger charge is 2.38. The number of carbonyl (C=O) groups excluding carboxylic acids is 1. The van der Waals surface area contributed by atoms with Crippen LogP contribution in [0.2, 0.25) is 0 Å². The third-order valence-electron chi connectivity index (χ3n) is 3.80. The maximum absolute atomic E-state index is 11.8. The van der Waals surface area contributed by atoms with E-state index in [9.17, 15) is 9.82 Å². The van der Waals surface area contributed by atoms with Gasteiger partial charge in [0.1, 0.15) is 10.8 Å². The van der Waals surface area contributed by atoms with Gasteiger partial charge in [0.2, 0.25) is 0 Å². The minimum Gasteiger partial charge on any atom is -0.466 e. The van der Waals surface area contributed by atoms with Crippen LogP contribution in [0.1, 0.15) is 35.6 Å². The molecule has 138 valence electrons. The van der Waals surface area contributed by atoms with Crippen molar-refractivity contribution < 1.29 is 23.9 Å². The molecular formula is C15H17BClN3O5S. The zero-order chi connectivity index (χ0) is 18.7. The number of hydrogen-bond acceptors (Lipinski definition) is 9. The van der Waals surface area contributed by atoms with E-state index in [4.69, 9.17) is 25.9 Å². The van der Waals surface area contributed by atoms with Gasteiger partial charge in [0.25, 0.3) is 5.19 Å². The number of nitrogens with zero attached hydrogens (tertiary/aromatic N) is 2. The van der Waals surface area contributed by atoms with Crippen LogP contribution in [0.4, 0.5) is 0 Å². The van der Waals surface area contributed by atoms with Crippen molar-refractivity contribution in [1.29, 1.82) is 0 Å². The molecule has 0 aliphatic carbocycles. The van der Waals surface area contributed by atoms with Gasteiger partial charge in [0.15, 0.2) is 0 Å². The van der Waals surface area contributed by atoms with Crippen molar-refractivity contribution >= 4 is 41.7 Å². The van der Waals surface area contributed by atoms with E-state index in [-0.39, 0.29) is 12.4 Å². The van der Waals surface area contributed by atoms with Gasteiger partial charge in [-0.05, 0) is 54.3 Å². The maximum atomic E-state index is 11.8. The van der Waals surface area contributed by atoms with Crippen LogP contribution in [0.15, 0.2) is 12.1 Å². The summed E-state index contributed by atoms with van der Waals surface area (Å²) in [5.41, 5.74) is 2.19. The van der Waals surface area contributed by atoms with E-state index in [0.717, 1.165) is 11.1 Å². The summed E-state index contributed by atoms with van der Waals surface area (Å²) in [5, 5.41) is 19.1. The van der Waals surface area contributed by atoms with E-state index in [0.29, 0.717) is 34.6 Å². The Hall–Kier alpha value is -1.72. The number of fused-ring (bicyclic) bond motifs is 1. The molecule has 1 aliphatic rings. The molecular weight excluding hydrogens is 381 g/mol. The molecule has 0 saturated heterocycles. The molecule has 2 heterocycles. The normalized spacial score (nSPS) is 15.8. The third kappa shape index (κ3) is 4.16. The van der Waals surface area contributed by atoms with Crippen molar-refractivity contribution in [1.82, 2.24) is 15.0 Å². The van der Waals surface area contributed by atoms with Crippen molar-refractivity contribution in [3.63, 3.8) is 0 Å². The lowest BCUT2D eigenvalue weighted by Gasteiger charge is -2.14. The molecule has 0 amide bonds. The van der Waals surface area contributed by atoms with Crippen molar-refractivity contribution in [3.05, 3.63) is 28.3 Å². The second-order valence-electron chi connectivity index (χ2n) is 5.60. The van der Waals surface area contributed by atoms with Crippen LogP contribution < -0.4 is 15.0 Å². The zero-order valence-corrected chi connectivity index (χ0v) is 15.8. The number of benzene rings is 1. The van der Waals surface area contributed by atoms with Crippen molar-refractivity contribution in [2.24, 2.45) is 0 Å². The second-order valence-corrected chi connectivity index (χ2v) is 6.90. The Morgan fingerprint density at radius 3 is 3.04 bits per heavy atom. The monoisotopic (exact) mass is 397 g/mol. The third-order valence-corrected chi connectivity index (χ3v) is 4.74. The Bertz CT molecular complexity index is 806. The van der Waals surface area contributed by atoms with Crippen molar-refractivity contribution in [3.8, 4) is 10.9 Å². The fraction of sp³-hybridized carbons (Fsp3) is 0.400. The molecule has 0 bridgehead atoms. The van der Waals surface area contributed by atoms with Crippen LogP contribution in [-0.4, -0.2) is 34.9 Å². The molecule has 0 fully saturated rings. The lowest BCUT2D eigenvalue weighted by Crippen LogP contribution is -2.28. The highest BCUT2D eigenvalue weighted by atomic mass is 35.5. The molecule has 1 aliphatic heterocycles. The molecule has 0 radical (unpaired) electrons. The largest absolute Gasteiger partial charge is 0.492 e. The Kier molecular flexibility index (Phi) is 6.10. The van der Waals surface area contributed by atoms with Crippen LogP contribution in [-0.2, 0) is 20.7 Å². The first-order valence-corrected chi connectivity index (χ1v) is 9.18. The average molecular weight is 398 g/mol. The minimum absolute atomic E-state index is 0.0458. The fourth-order valence-corrected chi connectivity index (χ4v) is 3.67. The first-order chi connectivity index (χ1) is 12.5. The van der Waals surface area contributed by atoms with E-state index in [1.54, 1.807) is 19.1 Å². The standard InChI is InChI=1S/C15H17BClN3O5S/c1-3-23-13(21)6-11-14-8(2)4-9(5-10(14)16(22)25-11)24-15-20-19-12(26-15)7-18-17/h4-5,11,18,22H,3,6-7H2,1-2H3. The van der Waals surface area contributed by atoms with Crippen LogP contribution >= 0.6 is 23.1 Å². The molecule has 1 aromatic carbocycles. The first-order valence-electron chi connectivity index (χ1n) is 7.99. The van der Waals surface area contributed by atoms with Gasteiger partial charge in [-0.2, -0.15) is 0 Å². The van der Waals surface area contributed by atoms with Gasteiger partial charge in [0.05, 0.1) is 25.7 Å². The SMILES string of the molecule is CCOC(=O)CC1OB(O)c2cc(Oc3nnc(CNCl)s3)cc(C)c21. The molecule has 8 nitrogen and oxygen atoms in total. The number of hydrogen-bond donors (Lipinski definition) is 2. The molecule has 2 N–H and O–H groups in total. The van der Waals surface area contributed by atoms with E-state index in [1.165, 1.54) is 11.3 Å². The number of rotatable bonds is 7. The summed E-state index contributed by atoms with van der Waals surface area (Å²) in [6.45, 7) is 4.30. The summed E-state index contributed by atoms with van der Waals surface area (Å²) >= 11 is 6.71. The summed E-state index contributed by atoms with van der Waals surface area (Å²) in [7, 11) is -1.13. The van der Waals surface area contributed by atoms with E-state index < -0.39 is 13.2 Å². The van der Waals surface area contributed by atoms with Gasteiger partial charge in [-0.25, -0.2) is 4.84 Å². The van der Waals surface area contributed by atoms with Gasteiger partial charge in [0, 0.05) is 0 Å². The van der Waals surface area contributed by atoms with Crippen molar-refractivity contribution in [2.45, 2.75) is 32.9 Å². The fourth-order valence-electron chi connectivity index (χ4n) is 2.82. The quantitative estimate of drug-likeness (QED) is 0.412. The number of halogens is 1. The molecule has 1 aromatic heterocycles. The van der Waals surface area contributed by atoms with Gasteiger partial charge < -0.3 is 19.2 Å². The van der Waals surface area contributed by atoms with Crippen LogP contribution in [0.5, 0.6) is 10.9 Å². The lowest BCUT2D eigenvalue weighted by atomic mass is 9.77. The Labute approximate surface area is 159 Å². The summed E-state index contributed by atoms with van der Waals surface area (Å²) in [6, 6.07) is 3.48. The number of carbonyl (C=O) groups is 1. The topological polar surface area (TPSA) is 103 Å². The van der Waals surface area contributed by atoms with E-state index in [1.807, 2.05) is 6.92 Å². The van der Waals surface area contributed by atoms with Crippen LogP contribution in [0.25, 0.3) is 0 Å². The predicted octanol–water partition coefficient (Wildman–Crippen LogP) is 1.59.